The fraction of sp³-hybridized carbons (Fsp3) is 0.550. The second kappa shape index (κ2) is 11.3. The first-order valence-electron chi connectivity index (χ1n) is 9.17. The van der Waals surface area contributed by atoms with Crippen molar-refractivity contribution >= 4 is 5.96 Å². The van der Waals surface area contributed by atoms with E-state index in [1.807, 2.05) is 18.2 Å². The average Bonchev–Trinajstić information content (AvgIpc) is 2.69. The number of nitrogens with zero attached hydrogens (tertiary/aromatic N) is 2. The fourth-order valence-electron chi connectivity index (χ4n) is 2.99. The normalized spacial score (nSPS) is 15.2. The summed E-state index contributed by atoms with van der Waals surface area (Å²) < 4.78 is 10.8. The van der Waals surface area contributed by atoms with Gasteiger partial charge in [0, 0.05) is 26.7 Å². The minimum Gasteiger partial charge on any atom is -0.493 e. The fourth-order valence-corrected chi connectivity index (χ4v) is 2.99. The lowest BCUT2D eigenvalue weighted by Gasteiger charge is -2.26. The molecule has 0 amide bonds. The number of ether oxygens (including phenoxy) is 2. The minimum atomic E-state index is 0.215. The predicted octanol–water partition coefficient (Wildman–Crippen LogP) is 1.86. The Morgan fingerprint density at radius 1 is 1.23 bits per heavy atom. The zero-order chi connectivity index (χ0) is 18.6. The smallest absolute Gasteiger partial charge is 0.191 e. The lowest BCUT2D eigenvalue weighted by molar-refractivity contribution is 0.232. The third-order valence-corrected chi connectivity index (χ3v) is 4.39. The van der Waals surface area contributed by atoms with E-state index in [0.717, 1.165) is 24.6 Å². The standard InChI is InChI=1S/C20H30N4O2/c1-4-14-26-19-15-17(8-9-18(19)25-3)16-23-20(21-2)22-10-13-24-11-6-5-7-12-24/h1,8-9,15H,5-7,10-14,16H2,2-3H3,(H2,21,22,23). The van der Waals surface area contributed by atoms with Gasteiger partial charge in [-0.1, -0.05) is 18.4 Å². The Kier molecular flexibility index (Phi) is 8.64. The van der Waals surface area contributed by atoms with E-state index in [1.165, 1.54) is 32.4 Å². The number of guanidine groups is 1. The van der Waals surface area contributed by atoms with Crippen molar-refractivity contribution in [3.63, 3.8) is 0 Å². The number of terminal acetylenes is 1. The van der Waals surface area contributed by atoms with E-state index in [9.17, 15) is 0 Å². The number of likely N-dealkylation sites (tertiary alicyclic amines) is 1. The van der Waals surface area contributed by atoms with Crippen molar-refractivity contribution in [2.45, 2.75) is 25.8 Å². The van der Waals surface area contributed by atoms with Crippen LogP contribution in [0.4, 0.5) is 0 Å². The Balaban J connectivity index is 1.80. The van der Waals surface area contributed by atoms with E-state index in [0.29, 0.717) is 18.0 Å². The third-order valence-electron chi connectivity index (χ3n) is 4.39. The molecule has 142 valence electrons. The van der Waals surface area contributed by atoms with Crippen molar-refractivity contribution in [3.05, 3.63) is 23.8 Å². The van der Waals surface area contributed by atoms with Gasteiger partial charge in [-0.05, 0) is 43.6 Å². The first-order chi connectivity index (χ1) is 12.8. The number of rotatable bonds is 8. The molecule has 0 spiro atoms. The molecule has 0 bridgehead atoms. The van der Waals surface area contributed by atoms with Gasteiger partial charge in [-0.15, -0.1) is 6.42 Å². The summed E-state index contributed by atoms with van der Waals surface area (Å²) in [5, 5.41) is 6.70. The average molecular weight is 358 g/mol. The van der Waals surface area contributed by atoms with E-state index in [2.05, 4.69) is 26.4 Å². The highest BCUT2D eigenvalue weighted by molar-refractivity contribution is 5.79. The molecule has 1 fully saturated rings. The van der Waals surface area contributed by atoms with Gasteiger partial charge in [-0.3, -0.25) is 4.99 Å². The number of nitrogens with one attached hydrogen (secondary N) is 2. The van der Waals surface area contributed by atoms with Crippen LogP contribution in [0.15, 0.2) is 23.2 Å². The summed E-state index contributed by atoms with van der Waals surface area (Å²) in [6.45, 7) is 5.21. The Bertz CT molecular complexity index is 619. The zero-order valence-electron chi connectivity index (χ0n) is 15.9. The van der Waals surface area contributed by atoms with E-state index < -0.39 is 0 Å². The summed E-state index contributed by atoms with van der Waals surface area (Å²) in [5.41, 5.74) is 1.07. The molecule has 0 radical (unpaired) electrons. The lowest BCUT2D eigenvalue weighted by atomic mass is 10.1. The Labute approximate surface area is 157 Å². The van der Waals surface area contributed by atoms with Gasteiger partial charge < -0.3 is 25.0 Å². The number of piperidine rings is 1. The summed E-state index contributed by atoms with van der Waals surface area (Å²) in [7, 11) is 3.40. The molecule has 0 aliphatic carbocycles. The third kappa shape index (κ3) is 6.49. The van der Waals surface area contributed by atoms with Crippen LogP contribution in [-0.4, -0.2) is 57.8 Å². The van der Waals surface area contributed by atoms with Crippen molar-refractivity contribution in [2.24, 2.45) is 4.99 Å². The maximum atomic E-state index is 5.54. The quantitative estimate of drug-likeness (QED) is 0.422. The SMILES string of the molecule is C#CCOc1cc(CNC(=NC)NCCN2CCCCC2)ccc1OC. The van der Waals surface area contributed by atoms with Gasteiger partial charge in [0.25, 0.3) is 0 Å². The van der Waals surface area contributed by atoms with Crippen LogP contribution in [0.2, 0.25) is 0 Å². The summed E-state index contributed by atoms with van der Waals surface area (Å²) >= 11 is 0. The summed E-state index contributed by atoms with van der Waals surface area (Å²) in [5.74, 6) is 4.59. The number of aliphatic imine (C=N–C) groups is 1. The highest BCUT2D eigenvalue weighted by Gasteiger charge is 2.10. The molecule has 1 heterocycles. The van der Waals surface area contributed by atoms with Crippen molar-refractivity contribution in [2.75, 3.05) is 46.9 Å². The van der Waals surface area contributed by atoms with Gasteiger partial charge in [0.2, 0.25) is 0 Å². The molecule has 0 aromatic heterocycles. The molecule has 6 nitrogen and oxygen atoms in total. The summed E-state index contributed by atoms with van der Waals surface area (Å²) in [6, 6.07) is 5.81. The molecule has 2 rings (SSSR count). The van der Waals surface area contributed by atoms with Gasteiger partial charge >= 0.3 is 0 Å². The van der Waals surface area contributed by atoms with Gasteiger partial charge in [-0.25, -0.2) is 0 Å². The van der Waals surface area contributed by atoms with Crippen LogP contribution in [0.1, 0.15) is 24.8 Å². The predicted molar refractivity (Wildman–Crippen MR) is 106 cm³/mol. The van der Waals surface area contributed by atoms with E-state index in [-0.39, 0.29) is 6.61 Å². The number of benzene rings is 1. The molecule has 0 atom stereocenters. The first-order valence-corrected chi connectivity index (χ1v) is 9.17. The summed E-state index contributed by atoms with van der Waals surface area (Å²) in [4.78, 5) is 6.79. The molecular weight excluding hydrogens is 328 g/mol. The van der Waals surface area contributed by atoms with Crippen LogP contribution in [0.5, 0.6) is 11.5 Å². The largest absolute Gasteiger partial charge is 0.493 e. The van der Waals surface area contributed by atoms with Gasteiger partial charge in [0.1, 0.15) is 6.61 Å². The van der Waals surface area contributed by atoms with Crippen molar-refractivity contribution in [3.8, 4) is 23.8 Å². The maximum absolute atomic E-state index is 5.54. The topological polar surface area (TPSA) is 58.1 Å². The Hall–Kier alpha value is -2.39. The van der Waals surface area contributed by atoms with Crippen LogP contribution >= 0.6 is 0 Å². The molecule has 2 N–H and O–H groups in total. The second-order valence-electron chi connectivity index (χ2n) is 6.23. The molecule has 26 heavy (non-hydrogen) atoms. The monoisotopic (exact) mass is 358 g/mol. The number of hydrogen-bond donors (Lipinski definition) is 2. The number of methoxy groups -OCH3 is 1. The van der Waals surface area contributed by atoms with Crippen LogP contribution in [0.3, 0.4) is 0 Å². The first kappa shape index (κ1) is 19.9. The molecule has 0 unspecified atom stereocenters. The molecule has 0 saturated carbocycles. The Morgan fingerprint density at radius 3 is 2.73 bits per heavy atom. The summed E-state index contributed by atoms with van der Waals surface area (Å²) in [6.07, 6.45) is 9.26. The van der Waals surface area contributed by atoms with E-state index >= 15 is 0 Å². The van der Waals surface area contributed by atoms with E-state index in [4.69, 9.17) is 15.9 Å². The molecule has 1 saturated heterocycles. The number of hydrogen-bond acceptors (Lipinski definition) is 4. The van der Waals surface area contributed by atoms with E-state index in [1.54, 1.807) is 14.2 Å². The van der Waals surface area contributed by atoms with Crippen molar-refractivity contribution in [1.82, 2.24) is 15.5 Å². The second-order valence-corrected chi connectivity index (χ2v) is 6.23. The van der Waals surface area contributed by atoms with Crippen LogP contribution in [0.25, 0.3) is 0 Å². The molecule has 6 heteroatoms. The molecule has 1 aliphatic heterocycles. The van der Waals surface area contributed by atoms with Crippen molar-refractivity contribution < 1.29 is 9.47 Å². The Morgan fingerprint density at radius 2 is 2.04 bits per heavy atom. The van der Waals surface area contributed by atoms with Crippen molar-refractivity contribution in [1.29, 1.82) is 0 Å². The molecule has 1 aliphatic rings. The van der Waals surface area contributed by atoms with Crippen LogP contribution in [-0.2, 0) is 6.54 Å². The molecule has 1 aromatic carbocycles. The lowest BCUT2D eigenvalue weighted by Crippen LogP contribution is -2.42. The minimum absolute atomic E-state index is 0.215. The van der Waals surface area contributed by atoms with Crippen LogP contribution < -0.4 is 20.1 Å². The molecule has 1 aromatic rings. The van der Waals surface area contributed by atoms with Gasteiger partial charge in [0.15, 0.2) is 17.5 Å². The van der Waals surface area contributed by atoms with Crippen LogP contribution in [0, 0.1) is 12.3 Å². The molecular formula is C20H30N4O2. The zero-order valence-corrected chi connectivity index (χ0v) is 15.9. The maximum Gasteiger partial charge on any atom is 0.191 e. The highest BCUT2D eigenvalue weighted by atomic mass is 16.5. The van der Waals surface area contributed by atoms with Gasteiger partial charge in [-0.2, -0.15) is 0 Å². The highest BCUT2D eigenvalue weighted by Crippen LogP contribution is 2.27. The van der Waals surface area contributed by atoms with Gasteiger partial charge in [0.05, 0.1) is 7.11 Å².